The average molecular weight is 237 g/mol. The first kappa shape index (κ1) is 5.82. The van der Waals surface area contributed by atoms with Crippen LogP contribution in [0, 0.1) is 0 Å². The van der Waals surface area contributed by atoms with E-state index >= 15 is 0 Å². The molecule has 0 aromatic heterocycles. The number of benzene rings is 1. The Morgan fingerprint density at radius 2 is 1.45 bits per heavy atom. The molecule has 0 saturated heterocycles. The minimum absolute atomic E-state index is 0.569. The molecule has 0 aliphatic carbocycles. The fourth-order valence-electron chi connectivity index (χ4n) is 1.26. The summed E-state index contributed by atoms with van der Waals surface area (Å²) < 4.78 is 4.59. The number of para-hydroxylation sites is 2. The van der Waals surface area contributed by atoms with Crippen molar-refractivity contribution in [2.75, 3.05) is 7.07 Å². The van der Waals surface area contributed by atoms with Crippen molar-refractivity contribution in [2.24, 2.45) is 0 Å². The molecule has 58 valence electrons. The van der Waals surface area contributed by atoms with E-state index in [9.17, 15) is 0 Å². The summed E-state index contributed by atoms with van der Waals surface area (Å²) in [7, 11) is 0. The van der Waals surface area contributed by atoms with Crippen LogP contribution in [0.5, 0.6) is 0 Å². The van der Waals surface area contributed by atoms with Crippen LogP contribution in [-0.4, -0.2) is 0 Å². The van der Waals surface area contributed by atoms with Gasteiger partial charge in [-0.2, -0.15) is 0 Å². The van der Waals surface area contributed by atoms with E-state index in [2.05, 4.69) is 43.7 Å². The van der Waals surface area contributed by atoms with Gasteiger partial charge in [0.1, 0.15) is 0 Å². The zero-order valence-corrected chi connectivity index (χ0v) is 7.23. The van der Waals surface area contributed by atoms with Crippen molar-refractivity contribution in [3.63, 3.8) is 0 Å². The second-order valence-electron chi connectivity index (χ2n) is 2.41. The summed E-state index contributed by atoms with van der Waals surface area (Å²) in [5, 5.41) is 0. The number of nitrogens with zero attached hydrogens (tertiary/aromatic N) is 2. The molecular weight excluding hydrogens is 231 g/mol. The van der Waals surface area contributed by atoms with Gasteiger partial charge in [-0.25, -0.2) is 0 Å². The molecule has 2 nitrogen and oxygen atoms in total. The van der Waals surface area contributed by atoms with Gasteiger partial charge in [-0.3, -0.25) is 0 Å². The number of hydrogen-bond acceptors (Lipinski definition) is 2. The van der Waals surface area contributed by atoms with Gasteiger partial charge in [0.05, 0.1) is 0 Å². The Morgan fingerprint density at radius 3 is 2.00 bits per heavy atom. The van der Waals surface area contributed by atoms with Crippen molar-refractivity contribution in [1.29, 1.82) is 0 Å². The molecule has 3 heteroatoms. The van der Waals surface area contributed by atoms with Crippen LogP contribution in [0.15, 0.2) is 36.7 Å². The Labute approximate surface area is 73.8 Å². The van der Waals surface area contributed by atoms with Crippen LogP contribution in [0.3, 0.4) is 0 Å². The number of fused-ring (bicyclic) bond motifs is 5. The van der Waals surface area contributed by atoms with E-state index in [0.29, 0.717) is 18.5 Å². The van der Waals surface area contributed by atoms with E-state index in [0.717, 1.165) is 0 Å². The average Bonchev–Trinajstić information content (AvgIpc) is 2.64. The fourth-order valence-corrected chi connectivity index (χ4v) is 2.95. The molecule has 0 spiro atoms. The zero-order valence-electron chi connectivity index (χ0n) is 5.67. The van der Waals surface area contributed by atoms with E-state index in [-0.39, 0.29) is 0 Å². The molecule has 0 unspecified atom stereocenters. The van der Waals surface area contributed by atoms with E-state index in [4.69, 9.17) is 0 Å². The molecule has 0 radical (unpaired) electrons. The molecule has 0 saturated carbocycles. The third-order valence-corrected chi connectivity index (χ3v) is 3.64. The predicted molar refractivity (Wildman–Crippen MR) is 40.5 cm³/mol. The van der Waals surface area contributed by atoms with Crippen LogP contribution in [0.4, 0.5) is 11.4 Å². The summed E-state index contributed by atoms with van der Waals surface area (Å²) in [6, 6.07) is 8.50. The van der Waals surface area contributed by atoms with Crippen LogP contribution in [0.1, 0.15) is 0 Å². The third kappa shape index (κ3) is 0.649. The first-order valence-electron chi connectivity index (χ1n) is 3.41. The second-order valence-corrected chi connectivity index (χ2v) is 4.22. The standard InChI is InChI=1S/C8H6N2.Pd/c1-2-4-8-7(3-1)9-5-6-10-8;/h1-6H;/q-2;+2. The van der Waals surface area contributed by atoms with Gasteiger partial charge < -0.3 is 0 Å². The van der Waals surface area contributed by atoms with Gasteiger partial charge in [-0.1, -0.05) is 0 Å². The molecule has 0 amide bonds. The normalized spacial score (nSPS) is 18.5. The van der Waals surface area contributed by atoms with Crippen molar-refractivity contribution >= 4 is 11.4 Å². The van der Waals surface area contributed by atoms with Gasteiger partial charge in [0, 0.05) is 0 Å². The van der Waals surface area contributed by atoms with Gasteiger partial charge in [0.2, 0.25) is 0 Å². The van der Waals surface area contributed by atoms with Crippen molar-refractivity contribution in [2.45, 2.75) is 0 Å². The van der Waals surface area contributed by atoms with Crippen molar-refractivity contribution in [1.82, 2.24) is 0 Å². The maximum absolute atomic E-state index is 2.30. The van der Waals surface area contributed by atoms with Crippen LogP contribution in [0.25, 0.3) is 0 Å². The maximum atomic E-state index is 2.30. The summed E-state index contributed by atoms with van der Waals surface area (Å²) in [5.41, 5.74) is 2.70. The van der Waals surface area contributed by atoms with Crippen molar-refractivity contribution < 1.29 is 18.5 Å². The van der Waals surface area contributed by atoms with Crippen LogP contribution in [0.2, 0.25) is 0 Å². The van der Waals surface area contributed by atoms with Gasteiger partial charge >= 0.3 is 73.6 Å². The number of anilines is 2. The molecule has 0 fully saturated rings. The molecule has 11 heavy (non-hydrogen) atoms. The molecule has 1 aromatic rings. The van der Waals surface area contributed by atoms with E-state index in [1.165, 1.54) is 11.4 Å². The summed E-state index contributed by atoms with van der Waals surface area (Å²) in [6.07, 6.45) is 4.27. The molecule has 2 bridgehead atoms. The molecule has 3 rings (SSSR count). The molecular formula is C8H6N2Pd. The second kappa shape index (κ2) is 1.88. The van der Waals surface area contributed by atoms with Crippen LogP contribution >= 0.6 is 0 Å². The van der Waals surface area contributed by atoms with Crippen LogP contribution < -0.4 is 7.07 Å². The summed E-state index contributed by atoms with van der Waals surface area (Å²) >= 11 is 0.569. The number of hydrogen-bond donors (Lipinski definition) is 0. The molecule has 2 aliphatic rings. The van der Waals surface area contributed by atoms with Gasteiger partial charge in [0.25, 0.3) is 0 Å². The first-order valence-corrected chi connectivity index (χ1v) is 4.80. The summed E-state index contributed by atoms with van der Waals surface area (Å²) in [6.45, 7) is 0. The Bertz CT molecular complexity index is 304. The van der Waals surface area contributed by atoms with Crippen molar-refractivity contribution in [3.8, 4) is 0 Å². The number of rotatable bonds is 0. The van der Waals surface area contributed by atoms with Gasteiger partial charge in [-0.05, 0) is 0 Å². The fraction of sp³-hybridized carbons (Fsp3) is 0. The Balaban J connectivity index is 2.28. The third-order valence-electron chi connectivity index (χ3n) is 1.76. The Kier molecular flexibility index (Phi) is 0.993. The van der Waals surface area contributed by atoms with Gasteiger partial charge in [-0.15, -0.1) is 0 Å². The monoisotopic (exact) mass is 236 g/mol. The molecule has 2 heterocycles. The van der Waals surface area contributed by atoms with E-state index in [1.807, 2.05) is 0 Å². The first-order chi connectivity index (χ1) is 5.45. The van der Waals surface area contributed by atoms with E-state index < -0.39 is 0 Å². The van der Waals surface area contributed by atoms with Crippen LogP contribution in [-0.2, 0) is 18.5 Å². The summed E-state index contributed by atoms with van der Waals surface area (Å²) in [5.74, 6) is 0. The molecule has 1 aromatic carbocycles. The SMILES string of the molecule is C1=C[N]2[Pd][N]1c1ccccc12. The summed E-state index contributed by atoms with van der Waals surface area (Å²) in [4.78, 5) is 0. The molecule has 0 atom stereocenters. The van der Waals surface area contributed by atoms with Gasteiger partial charge in [0.15, 0.2) is 0 Å². The zero-order chi connectivity index (χ0) is 7.26. The van der Waals surface area contributed by atoms with E-state index in [1.54, 1.807) is 0 Å². The quantitative estimate of drug-likeness (QED) is 0.633. The molecule has 2 aliphatic heterocycles. The topological polar surface area (TPSA) is 6.48 Å². The van der Waals surface area contributed by atoms with Crippen molar-refractivity contribution in [3.05, 3.63) is 36.7 Å². The minimum atomic E-state index is 0.569. The predicted octanol–water partition coefficient (Wildman–Crippen LogP) is 1.71. The Hall–Kier alpha value is -0.778. The molecule has 0 N–H and O–H groups in total. The Morgan fingerprint density at radius 1 is 0.909 bits per heavy atom.